The molecule has 0 saturated carbocycles. The van der Waals surface area contributed by atoms with Crippen LogP contribution < -0.4 is 10.6 Å². The second-order valence-electron chi connectivity index (χ2n) is 8.25. The molecule has 0 saturated heterocycles. The van der Waals surface area contributed by atoms with Crippen molar-refractivity contribution in [1.29, 1.82) is 0 Å². The van der Waals surface area contributed by atoms with Gasteiger partial charge in [-0.1, -0.05) is 60.7 Å². The molecule has 0 aromatic heterocycles. The van der Waals surface area contributed by atoms with Crippen LogP contribution >= 0.6 is 0 Å². The zero-order valence-electron chi connectivity index (χ0n) is 19.0. The zero-order valence-corrected chi connectivity index (χ0v) is 19.0. The summed E-state index contributed by atoms with van der Waals surface area (Å²) in [5.74, 6) is -0.149. The van der Waals surface area contributed by atoms with Crippen LogP contribution in [0.3, 0.4) is 0 Å². The molecular weight excluding hydrogens is 425 g/mol. The lowest BCUT2D eigenvalue weighted by Gasteiger charge is -2.26. The van der Waals surface area contributed by atoms with Crippen LogP contribution in [0, 0.1) is 13.8 Å². The number of rotatable bonds is 8. The quantitative estimate of drug-likeness (QED) is 0.434. The number of nitrogens with one attached hydrogen (secondary N) is 2. The maximum Gasteiger partial charge on any atom is 0.416 e. The molecule has 0 radical (unpaired) electrons. The van der Waals surface area contributed by atoms with Gasteiger partial charge in [0.15, 0.2) is 0 Å². The molecule has 2 N–H and O–H groups in total. The molecule has 0 aliphatic carbocycles. The molecule has 0 spiro atoms. The number of hydrogen-bond donors (Lipinski definition) is 2. The van der Waals surface area contributed by atoms with Gasteiger partial charge in [0, 0.05) is 13.1 Å². The average molecular weight is 455 g/mol. The van der Waals surface area contributed by atoms with Gasteiger partial charge in [-0.05, 0) is 66.6 Å². The van der Waals surface area contributed by atoms with Gasteiger partial charge >= 0.3 is 6.18 Å². The fourth-order valence-electron chi connectivity index (χ4n) is 3.81. The van der Waals surface area contributed by atoms with E-state index in [2.05, 4.69) is 22.8 Å². The Balaban J connectivity index is 1.87. The van der Waals surface area contributed by atoms with E-state index in [-0.39, 0.29) is 11.9 Å². The third-order valence-electron chi connectivity index (χ3n) is 5.95. The maximum absolute atomic E-state index is 12.9. The normalized spacial score (nSPS) is 13.4. The van der Waals surface area contributed by atoms with Gasteiger partial charge in [-0.3, -0.25) is 10.1 Å². The highest BCUT2D eigenvalue weighted by atomic mass is 19.4. The minimum atomic E-state index is -4.35. The van der Waals surface area contributed by atoms with Gasteiger partial charge in [0.05, 0.1) is 5.56 Å². The average Bonchev–Trinajstić information content (AvgIpc) is 2.81. The third-order valence-corrected chi connectivity index (χ3v) is 5.95. The van der Waals surface area contributed by atoms with E-state index in [1.807, 2.05) is 50.2 Å². The summed E-state index contributed by atoms with van der Waals surface area (Å²) in [4.78, 5) is 12.7. The van der Waals surface area contributed by atoms with Gasteiger partial charge in [0.2, 0.25) is 5.91 Å². The highest BCUT2D eigenvalue weighted by Crippen LogP contribution is 2.30. The van der Waals surface area contributed by atoms with Crippen molar-refractivity contribution in [3.8, 4) is 0 Å². The van der Waals surface area contributed by atoms with Crippen molar-refractivity contribution in [2.75, 3.05) is 7.05 Å². The third kappa shape index (κ3) is 6.45. The van der Waals surface area contributed by atoms with E-state index < -0.39 is 17.8 Å². The van der Waals surface area contributed by atoms with Gasteiger partial charge in [-0.15, -0.1) is 0 Å². The summed E-state index contributed by atoms with van der Waals surface area (Å²) < 4.78 is 38.7. The largest absolute Gasteiger partial charge is 0.416 e. The van der Waals surface area contributed by atoms with E-state index in [4.69, 9.17) is 0 Å². The molecule has 0 fully saturated rings. The van der Waals surface area contributed by atoms with Gasteiger partial charge < -0.3 is 5.32 Å². The van der Waals surface area contributed by atoms with Crippen LogP contribution in [-0.4, -0.2) is 13.0 Å². The summed E-state index contributed by atoms with van der Waals surface area (Å²) in [6.07, 6.45) is -3.16. The van der Waals surface area contributed by atoms with E-state index in [0.29, 0.717) is 12.8 Å². The fraction of sp³-hybridized carbons (Fsp3) is 0.296. The molecule has 6 heteroatoms. The molecule has 2 atom stereocenters. The van der Waals surface area contributed by atoms with E-state index >= 15 is 0 Å². The topological polar surface area (TPSA) is 41.1 Å². The number of halogens is 3. The van der Waals surface area contributed by atoms with Gasteiger partial charge in [0.1, 0.15) is 6.04 Å². The Labute approximate surface area is 193 Å². The summed E-state index contributed by atoms with van der Waals surface area (Å²) in [7, 11) is 1.60. The van der Waals surface area contributed by atoms with Gasteiger partial charge in [0.25, 0.3) is 0 Å². The van der Waals surface area contributed by atoms with Crippen LogP contribution in [0.1, 0.15) is 51.9 Å². The summed E-state index contributed by atoms with van der Waals surface area (Å²) in [6, 6.07) is 20.2. The number of carbonyl (C=O) groups is 1. The Morgan fingerprint density at radius 3 is 2.12 bits per heavy atom. The van der Waals surface area contributed by atoms with E-state index in [1.165, 1.54) is 17.7 Å². The van der Waals surface area contributed by atoms with Crippen LogP contribution in [-0.2, 0) is 17.4 Å². The van der Waals surface area contributed by atoms with Crippen LogP contribution in [0.15, 0.2) is 72.8 Å². The molecule has 1 amide bonds. The first kappa shape index (κ1) is 24.5. The first-order valence-electron chi connectivity index (χ1n) is 10.9. The minimum absolute atomic E-state index is 0.149. The van der Waals surface area contributed by atoms with Crippen molar-refractivity contribution < 1.29 is 18.0 Å². The lowest BCUT2D eigenvalue weighted by molar-refractivity contribution is -0.137. The first-order chi connectivity index (χ1) is 15.7. The first-order valence-corrected chi connectivity index (χ1v) is 10.9. The number of likely N-dealkylation sites (N-methyl/N-ethyl adjacent to an activating group) is 1. The molecular formula is C27H29F3N2O. The van der Waals surface area contributed by atoms with E-state index in [9.17, 15) is 18.0 Å². The van der Waals surface area contributed by atoms with Crippen LogP contribution in [0.25, 0.3) is 0 Å². The second-order valence-corrected chi connectivity index (χ2v) is 8.25. The van der Waals surface area contributed by atoms with Crippen molar-refractivity contribution in [2.24, 2.45) is 0 Å². The molecule has 174 valence electrons. The number of carbonyl (C=O) groups excluding carboxylic acids is 1. The molecule has 0 aliphatic heterocycles. The molecule has 3 aromatic rings. The lowest BCUT2D eigenvalue weighted by atomic mass is 9.94. The number of aryl methyl sites for hydroxylation is 3. The molecule has 0 bridgehead atoms. The van der Waals surface area contributed by atoms with Crippen molar-refractivity contribution in [1.82, 2.24) is 10.6 Å². The number of hydrogen-bond acceptors (Lipinski definition) is 2. The molecule has 3 rings (SSSR count). The smallest absolute Gasteiger partial charge is 0.358 e. The Morgan fingerprint density at radius 2 is 1.55 bits per heavy atom. The molecule has 3 nitrogen and oxygen atoms in total. The predicted molar refractivity (Wildman–Crippen MR) is 125 cm³/mol. The minimum Gasteiger partial charge on any atom is -0.358 e. The van der Waals surface area contributed by atoms with Crippen molar-refractivity contribution >= 4 is 5.91 Å². The van der Waals surface area contributed by atoms with Crippen LogP contribution in [0.2, 0.25) is 0 Å². The number of benzene rings is 3. The Morgan fingerprint density at radius 1 is 0.879 bits per heavy atom. The maximum atomic E-state index is 12.9. The van der Waals surface area contributed by atoms with E-state index in [0.717, 1.165) is 34.4 Å². The van der Waals surface area contributed by atoms with Crippen LogP contribution in [0.4, 0.5) is 13.2 Å². The molecule has 0 aliphatic rings. The van der Waals surface area contributed by atoms with Gasteiger partial charge in [-0.2, -0.15) is 13.2 Å². The monoisotopic (exact) mass is 454 g/mol. The molecule has 33 heavy (non-hydrogen) atoms. The highest BCUT2D eigenvalue weighted by Gasteiger charge is 2.30. The highest BCUT2D eigenvalue weighted by molar-refractivity contribution is 5.83. The molecule has 1 unspecified atom stereocenters. The van der Waals surface area contributed by atoms with Crippen molar-refractivity contribution in [2.45, 2.75) is 44.9 Å². The van der Waals surface area contributed by atoms with E-state index in [1.54, 1.807) is 7.05 Å². The van der Waals surface area contributed by atoms with Crippen LogP contribution in [0.5, 0.6) is 0 Å². The Kier molecular flexibility index (Phi) is 7.92. The Hall–Kier alpha value is -3.12. The standard InChI is InChI=1S/C27H29F3N2O/c1-18-9-13-22(17-19(18)2)24(16-12-20-10-14-23(15-11-20)27(28,29)30)32-25(26(33)31-3)21-7-5-4-6-8-21/h4-11,13-15,17,24-25,32H,12,16H2,1-3H3,(H,31,33)/t24?,25-/m1/s1. The SMILES string of the molecule is CNC(=O)[C@H](NC(CCc1ccc(C(F)(F)F)cc1)c1ccc(C)c(C)c1)c1ccccc1. The van der Waals surface area contributed by atoms with Crippen molar-refractivity contribution in [3.05, 3.63) is 106 Å². The fourth-order valence-corrected chi connectivity index (χ4v) is 3.81. The number of alkyl halides is 3. The second kappa shape index (κ2) is 10.7. The predicted octanol–water partition coefficient (Wildman–Crippen LogP) is 6.07. The van der Waals surface area contributed by atoms with Gasteiger partial charge in [-0.25, -0.2) is 0 Å². The summed E-state index contributed by atoms with van der Waals surface area (Å²) in [5.41, 5.74) is 4.36. The molecule has 0 heterocycles. The zero-order chi connectivity index (χ0) is 24.0. The number of amides is 1. The summed E-state index contributed by atoms with van der Waals surface area (Å²) in [6.45, 7) is 4.08. The summed E-state index contributed by atoms with van der Waals surface area (Å²) >= 11 is 0. The molecule has 3 aromatic carbocycles. The van der Waals surface area contributed by atoms with Crippen molar-refractivity contribution in [3.63, 3.8) is 0 Å². The summed E-state index contributed by atoms with van der Waals surface area (Å²) in [5, 5.41) is 6.22. The lowest BCUT2D eigenvalue weighted by Crippen LogP contribution is -2.38. The Bertz CT molecular complexity index is 1060.